The van der Waals surface area contributed by atoms with Gasteiger partial charge in [0.15, 0.2) is 0 Å². The molecule has 0 radical (unpaired) electrons. The highest BCUT2D eigenvalue weighted by Gasteiger charge is 2.49. The summed E-state index contributed by atoms with van der Waals surface area (Å²) in [5, 5.41) is 32.2. The van der Waals surface area contributed by atoms with E-state index in [4.69, 9.17) is 33.5 Å². The van der Waals surface area contributed by atoms with E-state index in [-0.39, 0.29) is 49.0 Å². The SMILES string of the molecule is C=C1CCCOC1.C=C1COC(CCC2CC(O)C([C@H]3CC(O)C4OC(CC(=O)CC5CCO[C@H]5C)CCC4O3)O2)C1.CC.CC(CO)N=O. The molecule has 0 spiro atoms. The first kappa shape index (κ1) is 42.8. The maximum Gasteiger partial charge on any atom is 0.135 e. The third kappa shape index (κ3) is 13.7. The lowest BCUT2D eigenvalue weighted by Gasteiger charge is -2.46. The monoisotopic (exact) mass is 711 g/mol. The van der Waals surface area contributed by atoms with Crippen LogP contribution in [-0.4, -0.2) is 121 Å². The standard InChI is InChI=1S/C27H42O8.C6H10O.C3H7NO2.C2H6/c1-15-9-19(32-14-15)3-4-21-12-22(29)27(34-21)25-13-23(30)26-24(35-25)6-5-20(33-26)11-18(28)10-17-7-8-31-16(17)2;1-6-3-2-4-7-5-6;1-3(2-5)4-6;1-2/h16-17,19-27,29-30H,1,3-14H2,2H3;1-5H2;3,5H,2H2,1H3;1-2H3/t16-,17?,19?,20?,21?,22?,23?,24?,25+,26?,27?;;;/m0.../s1. The average Bonchev–Trinajstić information content (AvgIpc) is 3.84. The van der Waals surface area contributed by atoms with Crippen molar-refractivity contribution in [3.63, 3.8) is 0 Å². The van der Waals surface area contributed by atoms with Gasteiger partial charge in [0.05, 0.1) is 68.7 Å². The lowest BCUT2D eigenvalue weighted by Crippen LogP contribution is -2.57. The quantitative estimate of drug-likeness (QED) is 0.207. The van der Waals surface area contributed by atoms with E-state index in [1.54, 1.807) is 6.92 Å². The number of hydrogen-bond acceptors (Lipinski definition) is 12. The van der Waals surface area contributed by atoms with Gasteiger partial charge in [0.2, 0.25) is 0 Å². The van der Waals surface area contributed by atoms with Gasteiger partial charge < -0.3 is 43.7 Å². The summed E-state index contributed by atoms with van der Waals surface area (Å²) < 4.78 is 35.1. The van der Waals surface area contributed by atoms with Crippen molar-refractivity contribution < 1.29 is 48.5 Å². The average molecular weight is 712 g/mol. The van der Waals surface area contributed by atoms with Crippen molar-refractivity contribution in [1.82, 2.24) is 0 Å². The highest BCUT2D eigenvalue weighted by atomic mass is 16.6. The van der Waals surface area contributed by atoms with Gasteiger partial charge in [-0.25, -0.2) is 0 Å². The minimum atomic E-state index is -0.701. The van der Waals surface area contributed by atoms with Crippen LogP contribution in [0, 0.1) is 10.8 Å². The Morgan fingerprint density at radius 1 is 0.860 bits per heavy atom. The molecule has 12 nitrogen and oxygen atoms in total. The zero-order valence-corrected chi connectivity index (χ0v) is 30.9. The second-order valence-corrected chi connectivity index (χ2v) is 14.4. The van der Waals surface area contributed by atoms with E-state index in [2.05, 4.69) is 18.3 Å². The number of aliphatic hydroxyl groups excluding tert-OH is 3. The van der Waals surface area contributed by atoms with Crippen LogP contribution < -0.4 is 0 Å². The maximum atomic E-state index is 12.6. The van der Waals surface area contributed by atoms with Gasteiger partial charge in [-0.3, -0.25) is 4.79 Å². The summed E-state index contributed by atoms with van der Waals surface area (Å²) in [6.45, 7) is 18.3. The molecule has 0 aliphatic carbocycles. The van der Waals surface area contributed by atoms with Crippen LogP contribution in [0.25, 0.3) is 0 Å². The number of ketones is 1. The molecule has 3 N–H and O–H groups in total. The van der Waals surface area contributed by atoms with Crippen molar-refractivity contribution in [2.45, 2.75) is 172 Å². The first-order valence-electron chi connectivity index (χ1n) is 19.0. The number of fused-ring (bicyclic) bond motifs is 1. The topological polar surface area (TPSA) is 163 Å². The Balaban J connectivity index is 0.000000377. The summed E-state index contributed by atoms with van der Waals surface area (Å²) in [4.78, 5) is 21.9. The van der Waals surface area contributed by atoms with Crippen LogP contribution in [0.2, 0.25) is 0 Å². The van der Waals surface area contributed by atoms with Crippen molar-refractivity contribution in [1.29, 1.82) is 0 Å². The number of carbonyl (C=O) groups excluding carboxylic acids is 1. The van der Waals surface area contributed by atoms with Gasteiger partial charge in [0.25, 0.3) is 0 Å². The van der Waals surface area contributed by atoms with Crippen LogP contribution in [0.1, 0.15) is 105 Å². The van der Waals surface area contributed by atoms with Crippen LogP contribution in [0.5, 0.6) is 0 Å². The fraction of sp³-hybridized carbons (Fsp3) is 0.868. The van der Waals surface area contributed by atoms with Gasteiger partial charge >= 0.3 is 0 Å². The molecule has 6 heterocycles. The Kier molecular flexibility index (Phi) is 19.2. The predicted molar refractivity (Wildman–Crippen MR) is 190 cm³/mol. The summed E-state index contributed by atoms with van der Waals surface area (Å²) in [6.07, 6.45) is 6.56. The lowest BCUT2D eigenvalue weighted by molar-refractivity contribution is -0.247. The van der Waals surface area contributed by atoms with Crippen LogP contribution >= 0.6 is 0 Å². The molecule has 6 saturated heterocycles. The van der Waals surface area contributed by atoms with E-state index in [1.807, 2.05) is 20.8 Å². The summed E-state index contributed by atoms with van der Waals surface area (Å²) in [6, 6.07) is -0.440. The Morgan fingerprint density at radius 2 is 1.56 bits per heavy atom. The molecule has 50 heavy (non-hydrogen) atoms. The van der Waals surface area contributed by atoms with Crippen molar-refractivity contribution in [2.24, 2.45) is 11.1 Å². The number of Topliss-reactive ketones (excluding diaryl/α,β-unsaturated/α-hetero) is 1. The Morgan fingerprint density at radius 3 is 2.12 bits per heavy atom. The number of nitrogens with zero attached hydrogens (tertiary/aromatic N) is 1. The highest BCUT2D eigenvalue weighted by Crippen LogP contribution is 2.38. The number of rotatable bonds is 10. The van der Waals surface area contributed by atoms with Gasteiger partial charge in [-0.15, -0.1) is 0 Å². The van der Waals surface area contributed by atoms with E-state index in [0.29, 0.717) is 38.2 Å². The number of nitroso groups, excluding NO2 is 1. The predicted octanol–water partition coefficient (Wildman–Crippen LogP) is 4.98. The van der Waals surface area contributed by atoms with Crippen molar-refractivity contribution >= 4 is 5.78 Å². The van der Waals surface area contributed by atoms with Gasteiger partial charge in [0.1, 0.15) is 24.0 Å². The molecule has 10 unspecified atom stereocenters. The zero-order valence-electron chi connectivity index (χ0n) is 30.9. The van der Waals surface area contributed by atoms with E-state index < -0.39 is 30.5 Å². The molecule has 6 rings (SSSR count). The lowest BCUT2D eigenvalue weighted by atomic mass is 9.87. The Labute approximate surface area is 299 Å². The van der Waals surface area contributed by atoms with Gasteiger partial charge in [-0.1, -0.05) is 37.8 Å². The van der Waals surface area contributed by atoms with Gasteiger partial charge in [-0.2, -0.15) is 4.91 Å². The summed E-state index contributed by atoms with van der Waals surface area (Å²) in [5.41, 5.74) is 2.38. The first-order chi connectivity index (χ1) is 24.1. The number of ether oxygens (including phenoxy) is 6. The zero-order chi connectivity index (χ0) is 36.6. The van der Waals surface area contributed by atoms with Crippen LogP contribution in [-0.2, 0) is 33.2 Å². The summed E-state index contributed by atoms with van der Waals surface area (Å²) in [7, 11) is 0. The third-order valence-electron chi connectivity index (χ3n) is 10.2. The molecule has 6 aliphatic rings. The first-order valence-corrected chi connectivity index (χ1v) is 19.0. The van der Waals surface area contributed by atoms with Crippen molar-refractivity contribution in [2.75, 3.05) is 33.0 Å². The molecular weight excluding hydrogens is 646 g/mol. The minimum absolute atomic E-state index is 0.0306. The molecule has 0 aromatic rings. The fourth-order valence-electron chi connectivity index (χ4n) is 7.34. The van der Waals surface area contributed by atoms with E-state index in [9.17, 15) is 19.9 Å². The highest BCUT2D eigenvalue weighted by molar-refractivity contribution is 5.79. The fourth-order valence-corrected chi connectivity index (χ4v) is 7.34. The van der Waals surface area contributed by atoms with Crippen LogP contribution in [0.4, 0.5) is 0 Å². The Hall–Kier alpha value is -1.61. The summed E-state index contributed by atoms with van der Waals surface area (Å²) >= 11 is 0. The number of carbonyl (C=O) groups is 1. The molecule has 0 aromatic heterocycles. The van der Waals surface area contributed by atoms with E-state index in [1.165, 1.54) is 18.4 Å². The molecule has 6 fully saturated rings. The molecule has 6 aliphatic heterocycles. The second kappa shape index (κ2) is 22.5. The summed E-state index contributed by atoms with van der Waals surface area (Å²) in [5.74, 6) is 0.510. The molecule has 12 atom stereocenters. The molecule has 12 heteroatoms. The second-order valence-electron chi connectivity index (χ2n) is 14.4. The molecule has 0 aromatic carbocycles. The third-order valence-corrected chi connectivity index (χ3v) is 10.2. The molecule has 0 bridgehead atoms. The van der Waals surface area contributed by atoms with Gasteiger partial charge in [0, 0.05) is 38.9 Å². The maximum absolute atomic E-state index is 12.6. The minimum Gasteiger partial charge on any atom is -0.394 e. The van der Waals surface area contributed by atoms with Crippen LogP contribution in [0.15, 0.2) is 29.5 Å². The normalized spacial score (nSPS) is 37.2. The number of hydrogen-bond donors (Lipinski definition) is 3. The smallest absolute Gasteiger partial charge is 0.135 e. The molecule has 0 amide bonds. The number of aliphatic hydroxyl groups is 3. The largest absolute Gasteiger partial charge is 0.394 e. The van der Waals surface area contributed by atoms with Crippen molar-refractivity contribution in [3.05, 3.63) is 29.2 Å². The van der Waals surface area contributed by atoms with E-state index >= 15 is 0 Å². The molecule has 288 valence electrons. The van der Waals surface area contributed by atoms with Crippen molar-refractivity contribution in [3.8, 4) is 0 Å². The Bertz CT molecular complexity index is 1030. The molecular formula is C38H65NO11. The van der Waals surface area contributed by atoms with Crippen LogP contribution in [0.3, 0.4) is 0 Å². The van der Waals surface area contributed by atoms with Gasteiger partial charge in [-0.05, 0) is 76.7 Å². The molecule has 0 saturated carbocycles. The van der Waals surface area contributed by atoms with E-state index in [0.717, 1.165) is 63.9 Å².